The molecule has 1 aromatic heterocycles. The van der Waals surface area contributed by atoms with Gasteiger partial charge < -0.3 is 5.11 Å². The number of hydrogen-bond acceptors (Lipinski definition) is 4. The average Bonchev–Trinajstić information content (AvgIpc) is 3.06. The van der Waals surface area contributed by atoms with E-state index in [1.165, 1.54) is 11.3 Å². The lowest BCUT2D eigenvalue weighted by Gasteiger charge is -2.00. The fourth-order valence-corrected chi connectivity index (χ4v) is 3.21. The molecular formula is C19H13NO2S. The SMILES string of the molecule is N#Cc1ccc(CC(=O)c2ccc(-c3cccc(O)c3)s2)cc1. The van der Waals surface area contributed by atoms with Gasteiger partial charge in [0.05, 0.1) is 16.5 Å². The lowest BCUT2D eigenvalue weighted by Crippen LogP contribution is -2.00. The lowest BCUT2D eigenvalue weighted by atomic mass is 10.1. The van der Waals surface area contributed by atoms with E-state index in [1.807, 2.05) is 18.2 Å². The van der Waals surface area contributed by atoms with E-state index in [-0.39, 0.29) is 11.5 Å². The first-order valence-corrected chi connectivity index (χ1v) is 7.89. The maximum absolute atomic E-state index is 12.4. The highest BCUT2D eigenvalue weighted by atomic mass is 32.1. The molecule has 112 valence electrons. The number of carbonyl (C=O) groups excluding carboxylic acids is 1. The Hall–Kier alpha value is -2.90. The van der Waals surface area contributed by atoms with E-state index in [0.717, 1.165) is 16.0 Å². The summed E-state index contributed by atoms with van der Waals surface area (Å²) in [7, 11) is 0. The maximum Gasteiger partial charge on any atom is 0.177 e. The molecule has 23 heavy (non-hydrogen) atoms. The zero-order valence-electron chi connectivity index (χ0n) is 12.2. The summed E-state index contributed by atoms with van der Waals surface area (Å²) in [4.78, 5) is 14.0. The number of rotatable bonds is 4. The fraction of sp³-hybridized carbons (Fsp3) is 0.0526. The summed E-state index contributed by atoms with van der Waals surface area (Å²) in [5, 5.41) is 18.3. The number of thiophene rings is 1. The molecule has 1 N–H and O–H groups in total. The van der Waals surface area contributed by atoms with Crippen molar-refractivity contribution in [3.05, 3.63) is 76.7 Å². The van der Waals surface area contributed by atoms with Crippen molar-refractivity contribution in [2.75, 3.05) is 0 Å². The van der Waals surface area contributed by atoms with Crippen LogP contribution in [0.25, 0.3) is 10.4 Å². The van der Waals surface area contributed by atoms with Gasteiger partial charge in [-0.1, -0.05) is 24.3 Å². The highest BCUT2D eigenvalue weighted by Gasteiger charge is 2.11. The van der Waals surface area contributed by atoms with E-state index in [0.29, 0.717) is 16.9 Å². The van der Waals surface area contributed by atoms with Crippen LogP contribution in [0.4, 0.5) is 0 Å². The first-order valence-electron chi connectivity index (χ1n) is 7.07. The first kappa shape index (κ1) is 15.0. The van der Waals surface area contributed by atoms with Crippen LogP contribution in [0, 0.1) is 11.3 Å². The smallest absolute Gasteiger partial charge is 0.177 e. The summed E-state index contributed by atoms with van der Waals surface area (Å²) >= 11 is 1.42. The Morgan fingerprint density at radius 2 is 1.87 bits per heavy atom. The molecule has 0 radical (unpaired) electrons. The number of phenolic OH excluding ortho intramolecular Hbond substituents is 1. The highest BCUT2D eigenvalue weighted by Crippen LogP contribution is 2.30. The summed E-state index contributed by atoms with van der Waals surface area (Å²) in [6.07, 6.45) is 0.311. The van der Waals surface area contributed by atoms with Gasteiger partial charge in [-0.25, -0.2) is 0 Å². The molecule has 4 heteroatoms. The van der Waals surface area contributed by atoms with Gasteiger partial charge in [0.1, 0.15) is 5.75 Å². The third-order valence-corrected chi connectivity index (χ3v) is 4.63. The summed E-state index contributed by atoms with van der Waals surface area (Å²) in [5.74, 6) is 0.257. The molecule has 3 rings (SSSR count). The number of aromatic hydroxyl groups is 1. The molecule has 0 fully saturated rings. The summed E-state index contributed by atoms with van der Waals surface area (Å²) < 4.78 is 0. The Labute approximate surface area is 138 Å². The minimum atomic E-state index is 0.0473. The van der Waals surface area contributed by atoms with Gasteiger partial charge in [-0.15, -0.1) is 11.3 Å². The molecule has 0 amide bonds. The molecule has 0 aliphatic carbocycles. The molecule has 3 nitrogen and oxygen atoms in total. The molecule has 0 bridgehead atoms. The summed E-state index contributed by atoms with van der Waals surface area (Å²) in [6, 6.07) is 19.8. The van der Waals surface area contributed by atoms with Gasteiger partial charge in [0, 0.05) is 11.3 Å². The third-order valence-electron chi connectivity index (χ3n) is 3.46. The normalized spacial score (nSPS) is 10.2. The Morgan fingerprint density at radius 1 is 1.09 bits per heavy atom. The number of phenols is 1. The largest absolute Gasteiger partial charge is 0.508 e. The molecule has 0 saturated heterocycles. The number of nitriles is 1. The van der Waals surface area contributed by atoms with Gasteiger partial charge in [-0.05, 0) is 47.5 Å². The van der Waals surface area contributed by atoms with E-state index in [4.69, 9.17) is 5.26 Å². The fourth-order valence-electron chi connectivity index (χ4n) is 2.27. The van der Waals surface area contributed by atoms with Crippen LogP contribution < -0.4 is 0 Å². The number of Topliss-reactive ketones (excluding diaryl/α,β-unsaturated/α-hetero) is 1. The molecule has 3 aromatic rings. The molecular weight excluding hydrogens is 306 g/mol. The van der Waals surface area contributed by atoms with Crippen molar-refractivity contribution >= 4 is 17.1 Å². The van der Waals surface area contributed by atoms with Gasteiger partial charge in [0.15, 0.2) is 5.78 Å². The lowest BCUT2D eigenvalue weighted by molar-refractivity contribution is 0.0997. The zero-order chi connectivity index (χ0) is 16.2. The van der Waals surface area contributed by atoms with Gasteiger partial charge in [0.25, 0.3) is 0 Å². The number of hydrogen-bond donors (Lipinski definition) is 1. The van der Waals surface area contributed by atoms with Crippen LogP contribution >= 0.6 is 11.3 Å². The van der Waals surface area contributed by atoms with Crippen molar-refractivity contribution in [2.24, 2.45) is 0 Å². The standard InChI is InChI=1S/C19H13NO2S/c20-12-14-6-4-13(5-7-14)10-17(22)19-9-8-18(23-19)15-2-1-3-16(21)11-15/h1-9,11,21H,10H2. The van der Waals surface area contributed by atoms with Gasteiger partial charge in [-0.2, -0.15) is 5.26 Å². The van der Waals surface area contributed by atoms with Crippen molar-refractivity contribution in [1.82, 2.24) is 0 Å². The van der Waals surface area contributed by atoms with Crippen LogP contribution in [0.3, 0.4) is 0 Å². The van der Waals surface area contributed by atoms with Crippen molar-refractivity contribution in [1.29, 1.82) is 5.26 Å². The Morgan fingerprint density at radius 3 is 2.57 bits per heavy atom. The van der Waals surface area contributed by atoms with E-state index < -0.39 is 0 Å². The number of nitrogens with zero attached hydrogens (tertiary/aromatic N) is 1. The molecule has 2 aromatic carbocycles. The topological polar surface area (TPSA) is 61.1 Å². The van der Waals surface area contributed by atoms with E-state index in [2.05, 4.69) is 6.07 Å². The molecule has 0 saturated carbocycles. The number of ketones is 1. The molecule has 0 aliphatic rings. The number of carbonyl (C=O) groups is 1. The van der Waals surface area contributed by atoms with E-state index in [9.17, 15) is 9.90 Å². The van der Waals surface area contributed by atoms with Crippen LogP contribution in [-0.2, 0) is 6.42 Å². The maximum atomic E-state index is 12.4. The zero-order valence-corrected chi connectivity index (χ0v) is 13.0. The summed E-state index contributed by atoms with van der Waals surface area (Å²) in [5.41, 5.74) is 2.37. The second-order valence-corrected chi connectivity index (χ2v) is 6.21. The average molecular weight is 319 g/mol. The molecule has 0 atom stereocenters. The third kappa shape index (κ3) is 3.47. The Balaban J connectivity index is 1.77. The highest BCUT2D eigenvalue weighted by molar-refractivity contribution is 7.17. The van der Waals surface area contributed by atoms with Crippen LogP contribution in [-0.4, -0.2) is 10.9 Å². The quantitative estimate of drug-likeness (QED) is 0.724. The van der Waals surface area contributed by atoms with Crippen molar-refractivity contribution in [3.8, 4) is 22.3 Å². The van der Waals surface area contributed by atoms with Gasteiger partial charge in [-0.3, -0.25) is 4.79 Å². The van der Waals surface area contributed by atoms with Gasteiger partial charge in [0.2, 0.25) is 0 Å². The predicted molar refractivity (Wildman–Crippen MR) is 90.6 cm³/mol. The molecule has 0 spiro atoms. The number of benzene rings is 2. The minimum absolute atomic E-state index is 0.0473. The Kier molecular flexibility index (Phi) is 4.22. The van der Waals surface area contributed by atoms with Crippen LogP contribution in [0.5, 0.6) is 5.75 Å². The summed E-state index contributed by atoms with van der Waals surface area (Å²) in [6.45, 7) is 0. The first-order chi connectivity index (χ1) is 11.2. The van der Waals surface area contributed by atoms with Crippen LogP contribution in [0.1, 0.15) is 20.8 Å². The van der Waals surface area contributed by atoms with Gasteiger partial charge >= 0.3 is 0 Å². The second-order valence-electron chi connectivity index (χ2n) is 5.12. The van der Waals surface area contributed by atoms with E-state index in [1.54, 1.807) is 42.5 Å². The van der Waals surface area contributed by atoms with Crippen molar-refractivity contribution in [3.63, 3.8) is 0 Å². The van der Waals surface area contributed by atoms with Crippen LogP contribution in [0.15, 0.2) is 60.7 Å². The minimum Gasteiger partial charge on any atom is -0.508 e. The predicted octanol–water partition coefficient (Wildman–Crippen LogP) is 4.42. The monoisotopic (exact) mass is 319 g/mol. The molecule has 0 unspecified atom stereocenters. The Bertz CT molecular complexity index is 888. The van der Waals surface area contributed by atoms with E-state index >= 15 is 0 Å². The van der Waals surface area contributed by atoms with Crippen LogP contribution in [0.2, 0.25) is 0 Å². The molecule has 0 aliphatic heterocycles. The van der Waals surface area contributed by atoms with Crippen molar-refractivity contribution in [2.45, 2.75) is 6.42 Å². The second kappa shape index (κ2) is 6.47. The molecule has 1 heterocycles. The van der Waals surface area contributed by atoms with Crippen molar-refractivity contribution < 1.29 is 9.90 Å².